The van der Waals surface area contributed by atoms with Gasteiger partial charge >= 0.3 is 5.97 Å². The van der Waals surface area contributed by atoms with Gasteiger partial charge in [-0.05, 0) is 37.7 Å². The monoisotopic (exact) mass is 334 g/mol. The number of halogens is 1. The van der Waals surface area contributed by atoms with Crippen molar-refractivity contribution >= 4 is 27.6 Å². The van der Waals surface area contributed by atoms with Crippen LogP contribution in [0.25, 0.3) is 0 Å². The lowest BCUT2D eigenvalue weighted by Crippen LogP contribution is -2.32. The molecule has 1 aromatic carbocycles. The summed E-state index contributed by atoms with van der Waals surface area (Å²) in [6.45, 7) is 2.85. The molecule has 6 nitrogen and oxygen atoms in total. The Bertz CT molecular complexity index is 604. The summed E-state index contributed by atoms with van der Waals surface area (Å²) in [7, 11) is -0.768. The predicted molar refractivity (Wildman–Crippen MR) is 81.1 cm³/mol. The third-order valence-electron chi connectivity index (χ3n) is 2.82. The zero-order valence-electron chi connectivity index (χ0n) is 12.1. The molecule has 0 radical (unpaired) electrons. The molecule has 8 heteroatoms. The first-order valence-electron chi connectivity index (χ1n) is 6.34. The van der Waals surface area contributed by atoms with Crippen LogP contribution in [0.2, 0.25) is 5.02 Å². The number of hydrogen-bond donors (Lipinski definition) is 2. The van der Waals surface area contributed by atoms with E-state index in [1.807, 2.05) is 6.92 Å². The summed E-state index contributed by atoms with van der Waals surface area (Å²) in [6, 6.07) is 3.98. The molecule has 0 amide bonds. The van der Waals surface area contributed by atoms with Gasteiger partial charge in [-0.3, -0.25) is 0 Å². The number of benzene rings is 1. The molecule has 1 rings (SSSR count). The molecule has 1 aromatic rings. The highest BCUT2D eigenvalue weighted by molar-refractivity contribution is 7.89. The lowest BCUT2D eigenvalue weighted by Gasteiger charge is -2.13. The summed E-state index contributed by atoms with van der Waals surface area (Å²) in [6.07, 6.45) is 0. The Morgan fingerprint density at radius 3 is 2.62 bits per heavy atom. The van der Waals surface area contributed by atoms with Gasteiger partial charge in [-0.1, -0.05) is 18.5 Å². The highest BCUT2D eigenvalue weighted by Crippen LogP contribution is 2.23. The van der Waals surface area contributed by atoms with Crippen molar-refractivity contribution in [3.8, 4) is 0 Å². The van der Waals surface area contributed by atoms with Gasteiger partial charge < -0.3 is 10.1 Å². The minimum absolute atomic E-state index is 0.0522. The van der Waals surface area contributed by atoms with Gasteiger partial charge in [0.05, 0.1) is 17.7 Å². The summed E-state index contributed by atoms with van der Waals surface area (Å²) in [5.74, 6) is -0.501. The van der Waals surface area contributed by atoms with Crippen molar-refractivity contribution in [2.45, 2.75) is 11.8 Å². The summed E-state index contributed by atoms with van der Waals surface area (Å²) < 4.78 is 31.6. The standard InChI is InChI=1S/C13H19ClN2O4S/c1-9(7-15-2)8-16-21(18,19)12-6-10(13(17)20-3)4-5-11(12)14/h4-6,9,15-16H,7-8H2,1-3H3. The Hall–Kier alpha value is -1.15. The molecule has 1 unspecified atom stereocenters. The highest BCUT2D eigenvalue weighted by atomic mass is 35.5. The third kappa shape index (κ3) is 4.96. The van der Waals surface area contributed by atoms with E-state index >= 15 is 0 Å². The maximum absolute atomic E-state index is 12.3. The number of hydrogen-bond acceptors (Lipinski definition) is 5. The quantitative estimate of drug-likeness (QED) is 0.733. The van der Waals surface area contributed by atoms with Gasteiger partial charge in [-0.25, -0.2) is 17.9 Å². The fourth-order valence-corrected chi connectivity index (χ4v) is 3.39. The van der Waals surface area contributed by atoms with Crippen LogP contribution >= 0.6 is 11.6 Å². The second-order valence-electron chi connectivity index (χ2n) is 4.65. The highest BCUT2D eigenvalue weighted by Gasteiger charge is 2.20. The zero-order chi connectivity index (χ0) is 16.0. The Morgan fingerprint density at radius 1 is 1.38 bits per heavy atom. The van der Waals surface area contributed by atoms with Crippen LogP contribution in [0.4, 0.5) is 0 Å². The summed E-state index contributed by atoms with van der Waals surface area (Å²) >= 11 is 5.92. The van der Waals surface area contributed by atoms with E-state index in [1.165, 1.54) is 25.3 Å². The van der Waals surface area contributed by atoms with Gasteiger partial charge in [-0.2, -0.15) is 0 Å². The molecule has 0 aliphatic carbocycles. The minimum Gasteiger partial charge on any atom is -0.465 e. The molecule has 0 saturated carbocycles. The van der Waals surface area contributed by atoms with Crippen LogP contribution in [-0.4, -0.2) is 41.6 Å². The molecule has 0 saturated heterocycles. The van der Waals surface area contributed by atoms with E-state index in [9.17, 15) is 13.2 Å². The lowest BCUT2D eigenvalue weighted by atomic mass is 10.2. The summed E-state index contributed by atoms with van der Waals surface area (Å²) in [4.78, 5) is 11.3. The van der Waals surface area contributed by atoms with Crippen LogP contribution < -0.4 is 10.0 Å². The number of carbonyl (C=O) groups excluding carboxylic acids is 1. The molecule has 0 spiro atoms. The molecule has 0 fully saturated rings. The second-order valence-corrected chi connectivity index (χ2v) is 6.79. The van der Waals surface area contributed by atoms with Gasteiger partial charge in [0, 0.05) is 6.54 Å². The summed E-state index contributed by atoms with van der Waals surface area (Å²) in [5.41, 5.74) is 0.130. The van der Waals surface area contributed by atoms with Crippen LogP contribution in [-0.2, 0) is 14.8 Å². The average molecular weight is 335 g/mol. The van der Waals surface area contributed by atoms with E-state index in [-0.39, 0.29) is 27.9 Å². The van der Waals surface area contributed by atoms with Crippen molar-refractivity contribution in [1.29, 1.82) is 0 Å². The fourth-order valence-electron chi connectivity index (χ4n) is 1.70. The van der Waals surface area contributed by atoms with Crippen molar-refractivity contribution in [3.05, 3.63) is 28.8 Å². The van der Waals surface area contributed by atoms with Crippen LogP contribution in [0.1, 0.15) is 17.3 Å². The number of carbonyl (C=O) groups is 1. The summed E-state index contributed by atoms with van der Waals surface area (Å²) in [5, 5.41) is 3.02. The molecule has 1 atom stereocenters. The Kier molecular flexibility index (Phi) is 6.60. The van der Waals surface area contributed by atoms with Crippen molar-refractivity contribution in [2.24, 2.45) is 5.92 Å². The fraction of sp³-hybridized carbons (Fsp3) is 0.462. The SMILES string of the molecule is CNCC(C)CNS(=O)(=O)c1cc(C(=O)OC)ccc1Cl. The van der Waals surface area contributed by atoms with Crippen LogP contribution in [0.3, 0.4) is 0 Å². The first-order chi connectivity index (χ1) is 9.81. The normalized spacial score (nSPS) is 13.0. The van der Waals surface area contributed by atoms with E-state index in [2.05, 4.69) is 14.8 Å². The van der Waals surface area contributed by atoms with Gasteiger partial charge in [0.15, 0.2) is 0 Å². The van der Waals surface area contributed by atoms with Crippen molar-refractivity contribution in [2.75, 3.05) is 27.2 Å². The van der Waals surface area contributed by atoms with Gasteiger partial charge in [0.2, 0.25) is 10.0 Å². The van der Waals surface area contributed by atoms with E-state index in [1.54, 1.807) is 7.05 Å². The maximum atomic E-state index is 12.3. The van der Waals surface area contributed by atoms with Gasteiger partial charge in [0.1, 0.15) is 4.90 Å². The molecular formula is C13H19ClN2O4S. The molecule has 2 N–H and O–H groups in total. The maximum Gasteiger partial charge on any atom is 0.337 e. The second kappa shape index (κ2) is 7.74. The smallest absolute Gasteiger partial charge is 0.337 e. The third-order valence-corrected chi connectivity index (χ3v) is 4.72. The largest absolute Gasteiger partial charge is 0.465 e. The zero-order valence-corrected chi connectivity index (χ0v) is 13.7. The van der Waals surface area contributed by atoms with Crippen LogP contribution in [0.15, 0.2) is 23.1 Å². The molecule has 0 heterocycles. The van der Waals surface area contributed by atoms with E-state index < -0.39 is 16.0 Å². The number of esters is 1. The van der Waals surface area contributed by atoms with E-state index in [0.717, 1.165) is 0 Å². The number of sulfonamides is 1. The van der Waals surface area contributed by atoms with Gasteiger partial charge in [-0.15, -0.1) is 0 Å². The Labute approximate surface area is 129 Å². The molecule has 118 valence electrons. The number of nitrogens with one attached hydrogen (secondary N) is 2. The first-order valence-corrected chi connectivity index (χ1v) is 8.20. The average Bonchev–Trinajstić information content (AvgIpc) is 2.45. The van der Waals surface area contributed by atoms with Crippen molar-refractivity contribution < 1.29 is 17.9 Å². The molecule has 0 aromatic heterocycles. The Balaban J connectivity index is 2.99. The van der Waals surface area contributed by atoms with Crippen LogP contribution in [0, 0.1) is 5.92 Å². The van der Waals surface area contributed by atoms with E-state index in [0.29, 0.717) is 6.54 Å². The topological polar surface area (TPSA) is 84.5 Å². The molecular weight excluding hydrogens is 316 g/mol. The van der Waals surface area contributed by atoms with Gasteiger partial charge in [0.25, 0.3) is 0 Å². The first kappa shape index (κ1) is 17.9. The molecule has 0 bridgehead atoms. The Morgan fingerprint density at radius 2 is 2.05 bits per heavy atom. The predicted octanol–water partition coefficient (Wildman–Crippen LogP) is 1.26. The minimum atomic E-state index is -3.79. The molecule has 0 aliphatic heterocycles. The van der Waals surface area contributed by atoms with E-state index in [4.69, 9.17) is 11.6 Å². The van der Waals surface area contributed by atoms with Crippen molar-refractivity contribution in [1.82, 2.24) is 10.0 Å². The number of ether oxygens (including phenoxy) is 1. The lowest BCUT2D eigenvalue weighted by molar-refractivity contribution is 0.0600. The number of methoxy groups -OCH3 is 1. The molecule has 0 aliphatic rings. The number of rotatable bonds is 7. The molecule has 21 heavy (non-hydrogen) atoms. The van der Waals surface area contributed by atoms with Crippen LogP contribution in [0.5, 0.6) is 0 Å². The van der Waals surface area contributed by atoms with Crippen molar-refractivity contribution in [3.63, 3.8) is 0 Å².